The molecule has 2 rings (SSSR count). The number of hydrogen-bond donors (Lipinski definition) is 0. The molecule has 0 unspecified atom stereocenters. The molecule has 19 heavy (non-hydrogen) atoms. The van der Waals surface area contributed by atoms with Crippen LogP contribution in [0.4, 0.5) is 0 Å². The van der Waals surface area contributed by atoms with Crippen LogP contribution < -0.4 is 4.74 Å². The van der Waals surface area contributed by atoms with Crippen LogP contribution >= 0.6 is 0 Å². The second-order valence-electron chi connectivity index (χ2n) is 5.45. The Hall–Kier alpha value is -1.64. The van der Waals surface area contributed by atoms with Crippen LogP contribution in [-0.4, -0.2) is 18.7 Å². The van der Waals surface area contributed by atoms with Gasteiger partial charge in [0.2, 0.25) is 0 Å². The largest absolute Gasteiger partial charge is 0.496 e. The van der Waals surface area contributed by atoms with Crippen molar-refractivity contribution in [1.29, 1.82) is 0 Å². The van der Waals surface area contributed by atoms with Gasteiger partial charge < -0.3 is 4.74 Å². The fourth-order valence-corrected chi connectivity index (χ4v) is 2.17. The number of ketones is 2. The molecule has 1 fully saturated rings. The molecule has 0 amide bonds. The van der Waals surface area contributed by atoms with Gasteiger partial charge in [-0.1, -0.05) is 13.8 Å². The summed E-state index contributed by atoms with van der Waals surface area (Å²) in [6.07, 6.45) is 1.94. The van der Waals surface area contributed by atoms with E-state index >= 15 is 0 Å². The van der Waals surface area contributed by atoms with E-state index in [-0.39, 0.29) is 29.8 Å². The van der Waals surface area contributed by atoms with Gasteiger partial charge in [-0.05, 0) is 42.5 Å². The number of ether oxygens (including phenoxy) is 1. The summed E-state index contributed by atoms with van der Waals surface area (Å²) in [4.78, 5) is 23.8. The number of rotatable bonds is 6. The van der Waals surface area contributed by atoms with Crippen molar-refractivity contribution < 1.29 is 14.3 Å². The lowest BCUT2D eigenvalue weighted by atomic mass is 9.96. The first-order chi connectivity index (χ1) is 9.02. The van der Waals surface area contributed by atoms with Crippen molar-refractivity contribution in [2.75, 3.05) is 7.11 Å². The van der Waals surface area contributed by atoms with Crippen molar-refractivity contribution in [3.05, 3.63) is 29.3 Å². The minimum Gasteiger partial charge on any atom is -0.496 e. The van der Waals surface area contributed by atoms with Crippen LogP contribution in [-0.2, 0) is 4.79 Å². The molecular weight excluding hydrogens is 240 g/mol. The van der Waals surface area contributed by atoms with E-state index in [0.717, 1.165) is 24.2 Å². The molecule has 1 saturated carbocycles. The summed E-state index contributed by atoms with van der Waals surface area (Å²) in [5.41, 5.74) is 1.62. The summed E-state index contributed by atoms with van der Waals surface area (Å²) < 4.78 is 5.29. The average molecular weight is 260 g/mol. The zero-order valence-corrected chi connectivity index (χ0v) is 11.7. The van der Waals surface area contributed by atoms with Gasteiger partial charge in [-0.2, -0.15) is 0 Å². The summed E-state index contributed by atoms with van der Waals surface area (Å²) in [6.45, 7) is 4.11. The van der Waals surface area contributed by atoms with Gasteiger partial charge in [-0.25, -0.2) is 0 Å². The van der Waals surface area contributed by atoms with Crippen molar-refractivity contribution in [3.8, 4) is 5.75 Å². The number of carbonyl (C=O) groups excluding carboxylic acids is 2. The average Bonchev–Trinajstić information content (AvgIpc) is 3.21. The molecule has 0 heterocycles. The van der Waals surface area contributed by atoms with E-state index in [0.29, 0.717) is 5.56 Å². The van der Waals surface area contributed by atoms with Crippen molar-refractivity contribution in [2.24, 2.45) is 5.92 Å². The first-order valence-electron chi connectivity index (χ1n) is 6.76. The molecule has 1 aromatic carbocycles. The first-order valence-corrected chi connectivity index (χ1v) is 6.76. The molecule has 0 N–H and O–H groups in total. The van der Waals surface area contributed by atoms with E-state index in [9.17, 15) is 9.59 Å². The minimum absolute atomic E-state index is 0.0362. The van der Waals surface area contributed by atoms with E-state index in [1.807, 2.05) is 12.1 Å². The van der Waals surface area contributed by atoms with Gasteiger partial charge in [0.15, 0.2) is 5.78 Å². The highest BCUT2D eigenvalue weighted by Gasteiger charge is 2.30. The summed E-state index contributed by atoms with van der Waals surface area (Å²) in [6, 6.07) is 5.41. The molecule has 1 aromatic rings. The van der Waals surface area contributed by atoms with Gasteiger partial charge in [-0.15, -0.1) is 0 Å². The molecule has 0 bridgehead atoms. The Morgan fingerprint density at radius 3 is 2.53 bits per heavy atom. The van der Waals surface area contributed by atoms with Gasteiger partial charge in [0, 0.05) is 11.5 Å². The number of carbonyl (C=O) groups is 2. The highest BCUT2D eigenvalue weighted by Crippen LogP contribution is 2.32. The smallest absolute Gasteiger partial charge is 0.170 e. The zero-order valence-electron chi connectivity index (χ0n) is 11.7. The SMILES string of the molecule is COc1ccc(C(=O)CC(=O)C2CC2)cc1C(C)C. The highest BCUT2D eigenvalue weighted by molar-refractivity contribution is 6.09. The van der Waals surface area contributed by atoms with Crippen molar-refractivity contribution in [1.82, 2.24) is 0 Å². The molecule has 102 valence electrons. The first kappa shape index (κ1) is 13.8. The van der Waals surface area contributed by atoms with E-state index in [1.165, 1.54) is 0 Å². The van der Waals surface area contributed by atoms with Gasteiger partial charge in [0.05, 0.1) is 13.5 Å². The molecule has 1 aliphatic rings. The summed E-state index contributed by atoms with van der Waals surface area (Å²) in [7, 11) is 1.62. The fourth-order valence-electron chi connectivity index (χ4n) is 2.17. The van der Waals surface area contributed by atoms with Gasteiger partial charge in [0.25, 0.3) is 0 Å². The third-order valence-electron chi connectivity index (χ3n) is 3.54. The minimum atomic E-state index is -0.0820. The van der Waals surface area contributed by atoms with Crippen LogP contribution in [0.5, 0.6) is 5.75 Å². The summed E-state index contributed by atoms with van der Waals surface area (Å²) in [5, 5.41) is 0. The van der Waals surface area contributed by atoms with Crippen LogP contribution in [0, 0.1) is 5.92 Å². The van der Waals surface area contributed by atoms with Gasteiger partial charge in [0.1, 0.15) is 11.5 Å². The topological polar surface area (TPSA) is 43.4 Å². The fraction of sp³-hybridized carbons (Fsp3) is 0.500. The highest BCUT2D eigenvalue weighted by atomic mass is 16.5. The van der Waals surface area contributed by atoms with E-state index in [2.05, 4.69) is 13.8 Å². The van der Waals surface area contributed by atoms with E-state index < -0.39 is 0 Å². The number of hydrogen-bond acceptors (Lipinski definition) is 3. The third-order valence-corrected chi connectivity index (χ3v) is 3.54. The molecule has 0 atom stereocenters. The lowest BCUT2D eigenvalue weighted by Crippen LogP contribution is -2.10. The Kier molecular flexibility index (Phi) is 4.03. The molecule has 1 aliphatic carbocycles. The summed E-state index contributed by atoms with van der Waals surface area (Å²) in [5.74, 6) is 1.22. The van der Waals surface area contributed by atoms with E-state index in [1.54, 1.807) is 13.2 Å². The Morgan fingerprint density at radius 2 is 2.00 bits per heavy atom. The second kappa shape index (κ2) is 5.55. The molecule has 0 spiro atoms. The van der Waals surface area contributed by atoms with E-state index in [4.69, 9.17) is 4.74 Å². The molecule has 0 saturated heterocycles. The van der Waals surface area contributed by atoms with Crippen molar-refractivity contribution >= 4 is 11.6 Å². The number of methoxy groups -OCH3 is 1. The van der Waals surface area contributed by atoms with Crippen LogP contribution in [0.15, 0.2) is 18.2 Å². The Balaban J connectivity index is 2.17. The molecule has 3 heteroatoms. The summed E-state index contributed by atoms with van der Waals surface area (Å²) >= 11 is 0. The predicted molar refractivity (Wildman–Crippen MR) is 73.8 cm³/mol. The maximum atomic E-state index is 12.1. The van der Waals surface area contributed by atoms with Gasteiger partial charge in [-0.3, -0.25) is 9.59 Å². The van der Waals surface area contributed by atoms with Crippen LogP contribution in [0.1, 0.15) is 54.9 Å². The molecule has 0 aromatic heterocycles. The predicted octanol–water partition coefficient (Wildman–Crippen LogP) is 3.37. The van der Waals surface area contributed by atoms with Crippen molar-refractivity contribution in [3.63, 3.8) is 0 Å². The normalized spacial score (nSPS) is 14.5. The monoisotopic (exact) mass is 260 g/mol. The molecule has 3 nitrogen and oxygen atoms in total. The van der Waals surface area contributed by atoms with Crippen LogP contribution in [0.3, 0.4) is 0 Å². The quantitative estimate of drug-likeness (QED) is 0.582. The van der Waals surface area contributed by atoms with Crippen LogP contribution in [0.2, 0.25) is 0 Å². The molecule has 0 aliphatic heterocycles. The maximum Gasteiger partial charge on any atom is 0.170 e. The van der Waals surface area contributed by atoms with Crippen LogP contribution in [0.25, 0.3) is 0 Å². The third kappa shape index (κ3) is 3.22. The Morgan fingerprint density at radius 1 is 1.32 bits per heavy atom. The zero-order chi connectivity index (χ0) is 14.0. The van der Waals surface area contributed by atoms with Gasteiger partial charge >= 0.3 is 0 Å². The lowest BCUT2D eigenvalue weighted by molar-refractivity contribution is -0.119. The standard InChI is InChI=1S/C16H20O3/c1-10(2)13-8-12(6-7-16(13)19-3)15(18)9-14(17)11-4-5-11/h6-8,10-11H,4-5,9H2,1-3H3. The molecular formula is C16H20O3. The second-order valence-corrected chi connectivity index (χ2v) is 5.45. The number of Topliss-reactive ketones (excluding diaryl/α,β-unsaturated/α-hetero) is 2. The molecule has 0 radical (unpaired) electrons. The number of benzene rings is 1. The van der Waals surface area contributed by atoms with Crippen molar-refractivity contribution in [2.45, 2.75) is 39.0 Å². The maximum absolute atomic E-state index is 12.1. The lowest BCUT2D eigenvalue weighted by Gasteiger charge is -2.13. The Bertz CT molecular complexity index is 499. The Labute approximate surface area is 114 Å².